The fourth-order valence-electron chi connectivity index (χ4n) is 7.30. The van der Waals surface area contributed by atoms with Crippen molar-refractivity contribution in [2.45, 2.75) is 43.7 Å². The van der Waals surface area contributed by atoms with E-state index in [1.165, 1.54) is 17.7 Å². The monoisotopic (exact) mass is 515 g/mol. The lowest BCUT2D eigenvalue weighted by atomic mass is 9.66. The number of carbonyl (C=O) groups is 1. The van der Waals surface area contributed by atoms with Crippen LogP contribution in [0.25, 0.3) is 0 Å². The molecule has 6 heteroatoms. The molecule has 3 heterocycles. The number of nitrogens with zero attached hydrogens (tertiary/aromatic N) is 2. The van der Waals surface area contributed by atoms with E-state index < -0.39 is 5.41 Å². The average Bonchev–Trinajstić information content (AvgIpc) is 3.25. The highest BCUT2D eigenvalue weighted by Crippen LogP contribution is 2.50. The summed E-state index contributed by atoms with van der Waals surface area (Å²) < 4.78 is 27.6. The minimum absolute atomic E-state index is 0.0421. The van der Waals surface area contributed by atoms with Crippen LogP contribution in [-0.2, 0) is 16.9 Å². The van der Waals surface area contributed by atoms with E-state index in [2.05, 4.69) is 39.4 Å². The van der Waals surface area contributed by atoms with Crippen LogP contribution in [0.3, 0.4) is 0 Å². The molecule has 2 unspecified atom stereocenters. The standard InChI is InChI=1S/C32H35F2N3O/c33-27-11-7-25(8-12-27)29-21-35-30(38)31(29)16-19-37(20-17-31)32(26-9-13-28(34)14-10-26)15-4-18-36(23-32)22-24-5-2-1-3-6-24/h1-3,5-14,29H,4,15-23H2,(H,35,38). The van der Waals surface area contributed by atoms with Gasteiger partial charge in [-0.25, -0.2) is 8.78 Å². The van der Waals surface area contributed by atoms with Gasteiger partial charge in [0.1, 0.15) is 11.6 Å². The summed E-state index contributed by atoms with van der Waals surface area (Å²) in [6, 6.07) is 24.3. The Balaban J connectivity index is 1.28. The van der Waals surface area contributed by atoms with Crippen LogP contribution < -0.4 is 5.32 Å². The topological polar surface area (TPSA) is 35.6 Å². The summed E-state index contributed by atoms with van der Waals surface area (Å²) in [4.78, 5) is 18.4. The van der Waals surface area contributed by atoms with Crippen molar-refractivity contribution in [1.29, 1.82) is 0 Å². The predicted octanol–water partition coefficient (Wildman–Crippen LogP) is 5.45. The summed E-state index contributed by atoms with van der Waals surface area (Å²) in [5, 5.41) is 3.12. The molecular weight excluding hydrogens is 480 g/mol. The summed E-state index contributed by atoms with van der Waals surface area (Å²) in [5.41, 5.74) is 2.76. The molecular formula is C32H35F2N3O. The molecule has 6 rings (SSSR count). The molecule has 4 nitrogen and oxygen atoms in total. The molecule has 1 N–H and O–H groups in total. The highest BCUT2D eigenvalue weighted by molar-refractivity contribution is 5.86. The quantitative estimate of drug-likeness (QED) is 0.491. The van der Waals surface area contributed by atoms with Crippen molar-refractivity contribution in [2.24, 2.45) is 5.41 Å². The van der Waals surface area contributed by atoms with Gasteiger partial charge in [-0.1, -0.05) is 54.6 Å². The Morgan fingerprint density at radius 3 is 2.16 bits per heavy atom. The fraction of sp³-hybridized carbons (Fsp3) is 0.406. The highest BCUT2D eigenvalue weighted by Gasteiger charge is 2.54. The zero-order valence-corrected chi connectivity index (χ0v) is 21.7. The van der Waals surface area contributed by atoms with Crippen molar-refractivity contribution < 1.29 is 13.6 Å². The first-order chi connectivity index (χ1) is 18.5. The Kier molecular flexibility index (Phi) is 6.79. The molecule has 198 valence electrons. The first-order valence-corrected chi connectivity index (χ1v) is 13.8. The van der Waals surface area contributed by atoms with Gasteiger partial charge in [-0.15, -0.1) is 0 Å². The first kappa shape index (κ1) is 25.2. The molecule has 38 heavy (non-hydrogen) atoms. The predicted molar refractivity (Wildman–Crippen MR) is 144 cm³/mol. The molecule has 0 aromatic heterocycles. The van der Waals surface area contributed by atoms with E-state index in [0.29, 0.717) is 6.54 Å². The molecule has 3 fully saturated rings. The molecule has 1 spiro atoms. The number of amides is 1. The third kappa shape index (κ3) is 4.54. The Hall–Kier alpha value is -3.09. The van der Waals surface area contributed by atoms with Gasteiger partial charge in [-0.05, 0) is 73.2 Å². The molecule has 1 amide bonds. The SMILES string of the molecule is O=C1NCC(c2ccc(F)cc2)C12CCN(C1(c3ccc(F)cc3)CCCN(Cc3ccccc3)C1)CC2. The lowest BCUT2D eigenvalue weighted by molar-refractivity contribution is -0.132. The average molecular weight is 516 g/mol. The van der Waals surface area contributed by atoms with E-state index >= 15 is 0 Å². The lowest BCUT2D eigenvalue weighted by Crippen LogP contribution is -2.60. The molecule has 3 aliphatic heterocycles. The van der Waals surface area contributed by atoms with Gasteiger partial charge in [-0.3, -0.25) is 14.6 Å². The number of rotatable bonds is 5. The summed E-state index contributed by atoms with van der Waals surface area (Å²) in [7, 11) is 0. The first-order valence-electron chi connectivity index (χ1n) is 13.8. The maximum Gasteiger partial charge on any atom is 0.227 e. The molecule has 0 aliphatic carbocycles. The third-order valence-electron chi connectivity index (χ3n) is 9.30. The summed E-state index contributed by atoms with van der Waals surface area (Å²) in [6.45, 7) is 4.97. The van der Waals surface area contributed by atoms with Gasteiger partial charge in [0.05, 0.1) is 11.0 Å². The van der Waals surface area contributed by atoms with Gasteiger partial charge in [0, 0.05) is 38.6 Å². The van der Waals surface area contributed by atoms with Crippen LogP contribution in [0.15, 0.2) is 78.9 Å². The van der Waals surface area contributed by atoms with Crippen LogP contribution in [0.4, 0.5) is 8.78 Å². The van der Waals surface area contributed by atoms with Gasteiger partial charge in [-0.2, -0.15) is 0 Å². The number of carbonyl (C=O) groups excluding carboxylic acids is 1. The van der Waals surface area contributed by atoms with E-state index in [1.807, 2.05) is 30.3 Å². The third-order valence-corrected chi connectivity index (χ3v) is 9.30. The molecule has 0 saturated carbocycles. The lowest BCUT2D eigenvalue weighted by Gasteiger charge is -2.54. The van der Waals surface area contributed by atoms with E-state index in [9.17, 15) is 13.6 Å². The van der Waals surface area contributed by atoms with Gasteiger partial charge in [0.15, 0.2) is 0 Å². The molecule has 2 atom stereocenters. The fourth-order valence-corrected chi connectivity index (χ4v) is 7.30. The van der Waals surface area contributed by atoms with Crippen molar-refractivity contribution in [2.75, 3.05) is 32.7 Å². The van der Waals surface area contributed by atoms with Crippen LogP contribution in [-0.4, -0.2) is 48.4 Å². The number of likely N-dealkylation sites (tertiary alicyclic amines) is 2. The van der Waals surface area contributed by atoms with E-state index in [4.69, 9.17) is 0 Å². The number of piperidine rings is 2. The summed E-state index contributed by atoms with van der Waals surface area (Å²) >= 11 is 0. The molecule has 3 aliphatic rings. The van der Waals surface area contributed by atoms with Crippen molar-refractivity contribution in [1.82, 2.24) is 15.1 Å². The van der Waals surface area contributed by atoms with Gasteiger partial charge in [0.2, 0.25) is 5.91 Å². The normalized spacial score (nSPS) is 25.9. The number of nitrogens with one attached hydrogen (secondary N) is 1. The highest BCUT2D eigenvalue weighted by atomic mass is 19.1. The second-order valence-electron chi connectivity index (χ2n) is 11.3. The largest absolute Gasteiger partial charge is 0.355 e. The Labute approximate surface area is 223 Å². The van der Waals surface area contributed by atoms with Crippen molar-refractivity contribution in [3.05, 3.63) is 107 Å². The Morgan fingerprint density at radius 2 is 1.47 bits per heavy atom. The number of hydrogen-bond donors (Lipinski definition) is 1. The zero-order chi connectivity index (χ0) is 26.2. The minimum atomic E-state index is -0.475. The van der Waals surface area contributed by atoms with Crippen molar-refractivity contribution in [3.8, 4) is 0 Å². The van der Waals surface area contributed by atoms with Crippen LogP contribution >= 0.6 is 0 Å². The Morgan fingerprint density at radius 1 is 0.816 bits per heavy atom. The zero-order valence-electron chi connectivity index (χ0n) is 21.7. The minimum Gasteiger partial charge on any atom is -0.355 e. The van der Waals surface area contributed by atoms with E-state index in [-0.39, 0.29) is 29.0 Å². The van der Waals surface area contributed by atoms with E-state index in [1.54, 1.807) is 12.1 Å². The van der Waals surface area contributed by atoms with Crippen LogP contribution in [0.5, 0.6) is 0 Å². The maximum atomic E-state index is 14.0. The van der Waals surface area contributed by atoms with Gasteiger partial charge < -0.3 is 5.32 Å². The molecule has 0 radical (unpaired) electrons. The second-order valence-corrected chi connectivity index (χ2v) is 11.3. The second kappa shape index (κ2) is 10.2. The maximum absolute atomic E-state index is 14.0. The number of benzene rings is 3. The van der Waals surface area contributed by atoms with Crippen LogP contribution in [0, 0.1) is 17.0 Å². The number of hydrogen-bond acceptors (Lipinski definition) is 3. The van der Waals surface area contributed by atoms with Gasteiger partial charge >= 0.3 is 0 Å². The molecule has 3 aromatic rings. The van der Waals surface area contributed by atoms with Crippen molar-refractivity contribution >= 4 is 5.91 Å². The van der Waals surface area contributed by atoms with Crippen LogP contribution in [0.2, 0.25) is 0 Å². The van der Waals surface area contributed by atoms with Crippen molar-refractivity contribution in [3.63, 3.8) is 0 Å². The van der Waals surface area contributed by atoms with Crippen LogP contribution in [0.1, 0.15) is 48.3 Å². The number of halogens is 2. The molecule has 0 bridgehead atoms. The summed E-state index contributed by atoms with van der Waals surface area (Å²) in [5.74, 6) is -0.311. The smallest absolute Gasteiger partial charge is 0.227 e. The molecule has 3 saturated heterocycles. The van der Waals surface area contributed by atoms with E-state index in [0.717, 1.165) is 69.5 Å². The Bertz CT molecular complexity index is 1260. The van der Waals surface area contributed by atoms with Gasteiger partial charge in [0.25, 0.3) is 0 Å². The summed E-state index contributed by atoms with van der Waals surface area (Å²) in [6.07, 6.45) is 3.57. The molecule has 3 aromatic carbocycles.